The summed E-state index contributed by atoms with van der Waals surface area (Å²) in [6.07, 6.45) is -3.56. The molecule has 2 aromatic rings. The zero-order valence-electron chi connectivity index (χ0n) is 12.0. The zero-order valence-corrected chi connectivity index (χ0v) is 12.8. The van der Waals surface area contributed by atoms with Gasteiger partial charge in [-0.25, -0.2) is 19.7 Å². The molecular formula is C12H12F3N5O2S. The minimum atomic E-state index is -4.68. The van der Waals surface area contributed by atoms with Crippen LogP contribution in [0.2, 0.25) is 0 Å². The number of anilines is 1. The van der Waals surface area contributed by atoms with E-state index in [1.54, 1.807) is 6.92 Å². The van der Waals surface area contributed by atoms with E-state index in [4.69, 9.17) is 4.74 Å². The molecule has 0 radical (unpaired) electrons. The van der Waals surface area contributed by atoms with Crippen LogP contribution in [-0.4, -0.2) is 34.3 Å². The van der Waals surface area contributed by atoms with Crippen molar-refractivity contribution >= 4 is 23.2 Å². The molecule has 7 nitrogen and oxygen atoms in total. The lowest BCUT2D eigenvalue weighted by atomic mass is 10.3. The summed E-state index contributed by atoms with van der Waals surface area (Å²) in [5.41, 5.74) is 0.446. The van der Waals surface area contributed by atoms with Gasteiger partial charge in [0.2, 0.25) is 5.88 Å². The first-order chi connectivity index (χ1) is 10.8. The highest BCUT2D eigenvalue weighted by Gasteiger charge is 2.43. The molecule has 2 N–H and O–H groups in total. The Bertz CT molecular complexity index is 691. The number of hydrogen-bond acceptors (Lipinski definition) is 6. The molecule has 0 fully saturated rings. The molecule has 0 spiro atoms. The molecule has 2 amide bonds. The van der Waals surface area contributed by atoms with E-state index in [0.29, 0.717) is 5.69 Å². The quantitative estimate of drug-likeness (QED) is 0.888. The molecule has 124 valence electrons. The minimum Gasteiger partial charge on any atom is -0.481 e. The molecule has 0 unspecified atom stereocenters. The van der Waals surface area contributed by atoms with Crippen LogP contribution >= 0.6 is 11.3 Å². The molecule has 2 aromatic heterocycles. The Morgan fingerprint density at radius 2 is 2.13 bits per heavy atom. The molecular weight excluding hydrogens is 335 g/mol. The average Bonchev–Trinajstić information content (AvgIpc) is 2.90. The highest BCUT2D eigenvalue weighted by atomic mass is 32.1. The van der Waals surface area contributed by atoms with Crippen molar-refractivity contribution in [3.05, 3.63) is 28.5 Å². The van der Waals surface area contributed by atoms with Crippen LogP contribution in [-0.2, 0) is 0 Å². The van der Waals surface area contributed by atoms with E-state index in [-0.39, 0.29) is 16.7 Å². The molecule has 0 saturated heterocycles. The predicted octanol–water partition coefficient (Wildman–Crippen LogP) is 2.68. The number of hydrogen-bond donors (Lipinski definition) is 2. The smallest absolute Gasteiger partial charge is 0.415 e. The maximum atomic E-state index is 13.1. The lowest BCUT2D eigenvalue weighted by molar-refractivity contribution is -0.154. The van der Waals surface area contributed by atoms with Gasteiger partial charge in [-0.1, -0.05) is 0 Å². The van der Waals surface area contributed by atoms with Gasteiger partial charge in [0.1, 0.15) is 17.2 Å². The second-order valence-electron chi connectivity index (χ2n) is 4.35. The van der Waals surface area contributed by atoms with Crippen LogP contribution in [0.3, 0.4) is 0 Å². The zero-order chi connectivity index (χ0) is 17.0. The summed E-state index contributed by atoms with van der Waals surface area (Å²) in [7, 11) is 1.36. The second kappa shape index (κ2) is 6.77. The van der Waals surface area contributed by atoms with Crippen molar-refractivity contribution in [2.45, 2.75) is 19.1 Å². The van der Waals surface area contributed by atoms with Crippen LogP contribution in [0.1, 0.15) is 16.7 Å². The summed E-state index contributed by atoms with van der Waals surface area (Å²) in [6, 6.07) is -2.00. The lowest BCUT2D eigenvalue weighted by Crippen LogP contribution is -2.40. The number of carbonyl (C=O) groups excluding carboxylic acids is 1. The second-order valence-corrected chi connectivity index (χ2v) is 5.24. The Morgan fingerprint density at radius 1 is 1.39 bits per heavy atom. The summed E-state index contributed by atoms with van der Waals surface area (Å²) in [6.45, 7) is 1.57. The molecule has 0 aliphatic rings. The topological polar surface area (TPSA) is 89.0 Å². The number of alkyl halides is 3. The molecule has 23 heavy (non-hydrogen) atoms. The largest absolute Gasteiger partial charge is 0.481 e. The fraction of sp³-hybridized carbons (Fsp3) is 0.333. The van der Waals surface area contributed by atoms with E-state index in [9.17, 15) is 18.0 Å². The van der Waals surface area contributed by atoms with Gasteiger partial charge in [0.25, 0.3) is 0 Å². The van der Waals surface area contributed by atoms with Gasteiger partial charge < -0.3 is 10.1 Å². The number of methoxy groups -OCH3 is 1. The maximum Gasteiger partial charge on any atom is 0.415 e. The summed E-state index contributed by atoms with van der Waals surface area (Å²) in [4.78, 5) is 23.0. The van der Waals surface area contributed by atoms with Crippen molar-refractivity contribution in [2.75, 3.05) is 12.4 Å². The summed E-state index contributed by atoms with van der Waals surface area (Å²) >= 11 is 0.820. The molecule has 0 bridgehead atoms. The molecule has 2 rings (SSSR count). The normalized spacial score (nSPS) is 12.6. The third-order valence-corrected chi connectivity index (χ3v) is 3.61. The van der Waals surface area contributed by atoms with E-state index >= 15 is 0 Å². The number of carbonyl (C=O) groups is 1. The fourth-order valence-electron chi connectivity index (χ4n) is 1.59. The van der Waals surface area contributed by atoms with Gasteiger partial charge in [0.05, 0.1) is 7.11 Å². The first-order valence-corrected chi connectivity index (χ1v) is 7.10. The lowest BCUT2D eigenvalue weighted by Gasteiger charge is -2.19. The number of thiazole rings is 1. The summed E-state index contributed by atoms with van der Waals surface area (Å²) in [5.74, 6) is 0.170. The number of rotatable bonds is 4. The van der Waals surface area contributed by atoms with Gasteiger partial charge in [-0.05, 0) is 6.92 Å². The maximum absolute atomic E-state index is 13.1. The molecule has 1 atom stereocenters. The molecule has 0 aromatic carbocycles. The van der Waals surface area contributed by atoms with Crippen molar-refractivity contribution < 1.29 is 22.7 Å². The molecule has 11 heteroatoms. The number of nitrogens with zero attached hydrogens (tertiary/aromatic N) is 3. The Labute approximate surface area is 132 Å². The fourth-order valence-corrected chi connectivity index (χ4v) is 2.46. The van der Waals surface area contributed by atoms with Gasteiger partial charge >= 0.3 is 12.2 Å². The summed E-state index contributed by atoms with van der Waals surface area (Å²) in [5, 5.41) is 5.27. The van der Waals surface area contributed by atoms with E-state index in [0.717, 1.165) is 17.7 Å². The monoisotopic (exact) mass is 347 g/mol. The Hall–Kier alpha value is -2.43. The molecule has 0 aliphatic carbocycles. The van der Waals surface area contributed by atoms with Crippen molar-refractivity contribution in [3.63, 3.8) is 0 Å². The number of nitrogens with one attached hydrogen (secondary N) is 2. The Kier molecular flexibility index (Phi) is 4.98. The molecule has 0 saturated carbocycles. The highest BCUT2D eigenvalue weighted by Crippen LogP contribution is 2.34. The van der Waals surface area contributed by atoms with Gasteiger partial charge in [0.15, 0.2) is 6.04 Å². The molecule has 0 aliphatic heterocycles. The number of urea groups is 1. The number of aryl methyl sites for hydroxylation is 1. The minimum absolute atomic E-state index is 0.00518. The highest BCUT2D eigenvalue weighted by molar-refractivity contribution is 7.09. The SMILES string of the molecule is COc1cc(NC(=O)N[C@H](c2nc(C)cs2)C(F)(F)F)ncn1. The van der Waals surface area contributed by atoms with Gasteiger partial charge in [-0.3, -0.25) is 5.32 Å². The van der Waals surface area contributed by atoms with Crippen molar-refractivity contribution in [1.82, 2.24) is 20.3 Å². The number of amides is 2. The van der Waals surface area contributed by atoms with Crippen molar-refractivity contribution in [2.24, 2.45) is 0 Å². The van der Waals surface area contributed by atoms with E-state index in [1.165, 1.54) is 18.6 Å². The average molecular weight is 347 g/mol. The third-order valence-electron chi connectivity index (χ3n) is 2.58. The first kappa shape index (κ1) is 16.9. The van der Waals surface area contributed by atoms with E-state index in [1.807, 2.05) is 5.32 Å². The summed E-state index contributed by atoms with van der Waals surface area (Å²) < 4.78 is 44.2. The van der Waals surface area contributed by atoms with Crippen molar-refractivity contribution in [3.8, 4) is 5.88 Å². The van der Waals surface area contributed by atoms with E-state index in [2.05, 4.69) is 20.3 Å². The van der Waals surface area contributed by atoms with Crippen LogP contribution in [0.25, 0.3) is 0 Å². The third kappa shape index (κ3) is 4.52. The van der Waals surface area contributed by atoms with Crippen LogP contribution in [0.15, 0.2) is 17.8 Å². The van der Waals surface area contributed by atoms with Crippen molar-refractivity contribution in [1.29, 1.82) is 0 Å². The first-order valence-electron chi connectivity index (χ1n) is 6.22. The number of halogens is 3. The van der Waals surface area contributed by atoms with Crippen LogP contribution in [0.5, 0.6) is 5.88 Å². The van der Waals surface area contributed by atoms with Crippen LogP contribution < -0.4 is 15.4 Å². The van der Waals surface area contributed by atoms with E-state index < -0.39 is 18.2 Å². The van der Waals surface area contributed by atoms with Crippen LogP contribution in [0.4, 0.5) is 23.8 Å². The molecule has 2 heterocycles. The number of ether oxygens (including phenoxy) is 1. The van der Waals surface area contributed by atoms with Gasteiger partial charge in [-0.2, -0.15) is 13.2 Å². The standard InChI is InChI=1S/C12H12F3N5O2S/c1-6-4-23-10(18-6)9(12(13,14)15)20-11(21)19-7-3-8(22-2)17-5-16-7/h3-5,9H,1-2H3,(H2,16,17,19,20,21)/t9-/m1/s1. The predicted molar refractivity (Wildman–Crippen MR) is 76.4 cm³/mol. The van der Waals surface area contributed by atoms with Gasteiger partial charge in [-0.15, -0.1) is 11.3 Å². The Morgan fingerprint density at radius 3 is 2.70 bits per heavy atom. The van der Waals surface area contributed by atoms with Gasteiger partial charge in [0, 0.05) is 17.1 Å². The number of aromatic nitrogens is 3. The Balaban J connectivity index is 2.11. The van der Waals surface area contributed by atoms with Crippen LogP contribution in [0, 0.1) is 6.92 Å².